The second-order valence-corrected chi connectivity index (χ2v) is 6.20. The highest BCUT2D eigenvalue weighted by atomic mass is 32.1. The average Bonchev–Trinajstić information content (AvgIpc) is 3.21. The Balaban J connectivity index is 1.81. The van der Waals surface area contributed by atoms with E-state index in [1.807, 2.05) is 20.9 Å². The van der Waals surface area contributed by atoms with E-state index in [1.54, 1.807) is 11.3 Å². The lowest BCUT2D eigenvalue weighted by atomic mass is 10.2. The third kappa shape index (κ3) is 2.75. The highest BCUT2D eigenvalue weighted by molar-refractivity contribution is 7.09. The lowest BCUT2D eigenvalue weighted by molar-refractivity contribution is 0.910. The number of aromatic nitrogens is 3. The maximum absolute atomic E-state index is 4.68. The van der Waals surface area contributed by atoms with Gasteiger partial charge in [0, 0.05) is 23.9 Å². The van der Waals surface area contributed by atoms with Crippen molar-refractivity contribution in [1.82, 2.24) is 15.0 Å². The molecule has 3 rings (SSSR count). The fourth-order valence-corrected chi connectivity index (χ4v) is 2.75. The number of aryl methyl sites for hydroxylation is 1. The summed E-state index contributed by atoms with van der Waals surface area (Å²) in [6, 6.07) is 0. The van der Waals surface area contributed by atoms with Crippen LogP contribution < -0.4 is 10.6 Å². The molecule has 106 valence electrons. The molecule has 2 heterocycles. The van der Waals surface area contributed by atoms with E-state index in [2.05, 4.69) is 31.0 Å². The molecule has 1 fully saturated rings. The number of rotatable bonds is 5. The van der Waals surface area contributed by atoms with Crippen LogP contribution in [0, 0.1) is 13.8 Å². The smallest absolute Gasteiger partial charge is 0.136 e. The van der Waals surface area contributed by atoms with E-state index < -0.39 is 0 Å². The molecule has 0 aromatic carbocycles. The van der Waals surface area contributed by atoms with E-state index in [9.17, 15) is 0 Å². The molecule has 5 nitrogen and oxygen atoms in total. The normalized spacial score (nSPS) is 14.3. The van der Waals surface area contributed by atoms with Crippen LogP contribution in [-0.4, -0.2) is 22.0 Å². The maximum atomic E-state index is 4.68. The van der Waals surface area contributed by atoms with E-state index in [4.69, 9.17) is 0 Å². The number of anilines is 2. The third-order valence-corrected chi connectivity index (χ3v) is 4.27. The molecule has 0 atom stereocenters. The van der Waals surface area contributed by atoms with Crippen LogP contribution in [-0.2, 0) is 6.54 Å². The molecule has 6 heteroatoms. The first-order valence-corrected chi connectivity index (χ1v) is 7.76. The van der Waals surface area contributed by atoms with E-state index in [0.717, 1.165) is 33.7 Å². The molecule has 1 aliphatic rings. The first-order valence-electron chi connectivity index (χ1n) is 6.88. The number of thiazole rings is 1. The first-order chi connectivity index (χ1) is 9.67. The van der Waals surface area contributed by atoms with Crippen LogP contribution in [0.15, 0.2) is 5.38 Å². The predicted octanol–water partition coefficient (Wildman–Crippen LogP) is 3.08. The summed E-state index contributed by atoms with van der Waals surface area (Å²) in [5, 5.41) is 9.73. The van der Waals surface area contributed by atoms with Crippen LogP contribution in [0.5, 0.6) is 0 Å². The van der Waals surface area contributed by atoms with Gasteiger partial charge in [-0.25, -0.2) is 15.0 Å². The van der Waals surface area contributed by atoms with Crippen LogP contribution in [0.1, 0.15) is 40.8 Å². The van der Waals surface area contributed by atoms with Crippen molar-refractivity contribution in [2.24, 2.45) is 0 Å². The Labute approximate surface area is 122 Å². The molecular formula is C14H19N5S. The molecule has 0 bridgehead atoms. The Morgan fingerprint density at radius 3 is 2.55 bits per heavy atom. The van der Waals surface area contributed by atoms with E-state index >= 15 is 0 Å². The number of nitrogens with one attached hydrogen (secondary N) is 2. The summed E-state index contributed by atoms with van der Waals surface area (Å²) in [4.78, 5) is 13.7. The fraction of sp³-hybridized carbons (Fsp3) is 0.500. The minimum atomic E-state index is 0.546. The summed E-state index contributed by atoms with van der Waals surface area (Å²) in [5.74, 6) is 3.33. The molecule has 1 aliphatic carbocycles. The monoisotopic (exact) mass is 289 g/mol. The standard InChI is InChI=1S/C14H19N5S/c1-8-12(15-3)18-14(10-4-5-10)19-13(8)16-6-11-7-20-9(2)17-11/h7,10H,4-6H2,1-3H3,(H2,15,16,18,19). The van der Waals surface area contributed by atoms with Gasteiger partial charge in [0.25, 0.3) is 0 Å². The summed E-state index contributed by atoms with van der Waals surface area (Å²) in [6.07, 6.45) is 2.41. The summed E-state index contributed by atoms with van der Waals surface area (Å²) in [5.41, 5.74) is 2.12. The largest absolute Gasteiger partial charge is 0.373 e. The molecule has 2 aromatic rings. The Morgan fingerprint density at radius 1 is 1.20 bits per heavy atom. The fourth-order valence-electron chi connectivity index (χ4n) is 2.14. The molecule has 0 amide bonds. The van der Waals surface area contributed by atoms with Crippen LogP contribution in [0.2, 0.25) is 0 Å². The Bertz CT molecular complexity index is 618. The molecule has 1 saturated carbocycles. The predicted molar refractivity (Wildman–Crippen MR) is 82.5 cm³/mol. The van der Waals surface area contributed by atoms with Gasteiger partial charge in [0.2, 0.25) is 0 Å². The van der Waals surface area contributed by atoms with Gasteiger partial charge in [-0.2, -0.15) is 0 Å². The molecule has 20 heavy (non-hydrogen) atoms. The first kappa shape index (κ1) is 13.3. The Kier molecular flexibility index (Phi) is 3.56. The topological polar surface area (TPSA) is 62.7 Å². The van der Waals surface area contributed by atoms with Crippen molar-refractivity contribution in [1.29, 1.82) is 0 Å². The van der Waals surface area contributed by atoms with Gasteiger partial charge in [0.05, 0.1) is 17.2 Å². The summed E-state index contributed by atoms with van der Waals surface area (Å²) in [6.45, 7) is 4.76. The average molecular weight is 289 g/mol. The van der Waals surface area contributed by atoms with Crippen molar-refractivity contribution in [2.45, 2.75) is 39.2 Å². The van der Waals surface area contributed by atoms with Crippen LogP contribution in [0.4, 0.5) is 11.6 Å². The summed E-state index contributed by atoms with van der Waals surface area (Å²) >= 11 is 1.67. The zero-order chi connectivity index (χ0) is 14.1. The van der Waals surface area contributed by atoms with Gasteiger partial charge < -0.3 is 10.6 Å². The second kappa shape index (κ2) is 5.36. The number of hydrogen-bond acceptors (Lipinski definition) is 6. The number of nitrogens with zero attached hydrogens (tertiary/aromatic N) is 3. The van der Waals surface area contributed by atoms with Crippen LogP contribution >= 0.6 is 11.3 Å². The molecule has 0 radical (unpaired) electrons. The lowest BCUT2D eigenvalue weighted by Gasteiger charge is -2.13. The van der Waals surface area contributed by atoms with Crippen molar-refractivity contribution in [3.63, 3.8) is 0 Å². The summed E-state index contributed by atoms with van der Waals surface area (Å²) < 4.78 is 0. The molecule has 2 aromatic heterocycles. The molecule has 0 aliphatic heterocycles. The van der Waals surface area contributed by atoms with Crippen molar-refractivity contribution in [2.75, 3.05) is 17.7 Å². The quantitative estimate of drug-likeness (QED) is 0.885. The van der Waals surface area contributed by atoms with Crippen LogP contribution in [0.3, 0.4) is 0 Å². The van der Waals surface area contributed by atoms with Gasteiger partial charge in [-0.05, 0) is 26.7 Å². The second-order valence-electron chi connectivity index (χ2n) is 5.14. The number of hydrogen-bond donors (Lipinski definition) is 2. The van der Waals surface area contributed by atoms with E-state index in [1.165, 1.54) is 12.8 Å². The highest BCUT2D eigenvalue weighted by Crippen LogP contribution is 2.39. The van der Waals surface area contributed by atoms with Crippen molar-refractivity contribution in [3.05, 3.63) is 27.5 Å². The SMILES string of the molecule is CNc1nc(C2CC2)nc(NCc2csc(C)n2)c1C. The minimum Gasteiger partial charge on any atom is -0.373 e. The highest BCUT2D eigenvalue weighted by Gasteiger charge is 2.28. The maximum Gasteiger partial charge on any atom is 0.136 e. The van der Waals surface area contributed by atoms with E-state index in [0.29, 0.717) is 12.5 Å². The van der Waals surface area contributed by atoms with Gasteiger partial charge >= 0.3 is 0 Å². The van der Waals surface area contributed by atoms with Crippen molar-refractivity contribution >= 4 is 23.0 Å². The molecule has 0 spiro atoms. The molecular weight excluding hydrogens is 270 g/mol. The van der Waals surface area contributed by atoms with Gasteiger partial charge in [-0.1, -0.05) is 0 Å². The summed E-state index contributed by atoms with van der Waals surface area (Å²) in [7, 11) is 1.90. The zero-order valence-corrected chi connectivity index (χ0v) is 12.8. The van der Waals surface area contributed by atoms with Crippen molar-refractivity contribution < 1.29 is 0 Å². The Hall–Kier alpha value is -1.69. The minimum absolute atomic E-state index is 0.546. The van der Waals surface area contributed by atoms with Gasteiger partial charge in [-0.15, -0.1) is 11.3 Å². The van der Waals surface area contributed by atoms with Gasteiger partial charge in [0.15, 0.2) is 0 Å². The Morgan fingerprint density at radius 2 is 1.95 bits per heavy atom. The lowest BCUT2D eigenvalue weighted by Crippen LogP contribution is -2.09. The zero-order valence-electron chi connectivity index (χ0n) is 12.0. The molecule has 0 unspecified atom stereocenters. The van der Waals surface area contributed by atoms with Gasteiger partial charge in [0.1, 0.15) is 17.5 Å². The molecule has 0 saturated heterocycles. The van der Waals surface area contributed by atoms with Gasteiger partial charge in [-0.3, -0.25) is 0 Å². The van der Waals surface area contributed by atoms with E-state index in [-0.39, 0.29) is 0 Å². The third-order valence-electron chi connectivity index (χ3n) is 3.45. The molecule has 2 N–H and O–H groups in total. The van der Waals surface area contributed by atoms with Crippen LogP contribution in [0.25, 0.3) is 0 Å². The van der Waals surface area contributed by atoms with Crippen molar-refractivity contribution in [3.8, 4) is 0 Å².